The Morgan fingerprint density at radius 3 is 2.71 bits per heavy atom. The second-order valence-electron chi connectivity index (χ2n) is 4.71. The number of para-hydroxylation sites is 1. The maximum absolute atomic E-state index is 11.4. The maximum atomic E-state index is 11.4. The van der Waals surface area contributed by atoms with Gasteiger partial charge in [-0.05, 0) is 31.2 Å². The molecule has 21 heavy (non-hydrogen) atoms. The molecule has 3 rings (SSSR count). The lowest BCUT2D eigenvalue weighted by molar-refractivity contribution is 0.101. The van der Waals surface area contributed by atoms with Gasteiger partial charge in [0.25, 0.3) is 0 Å². The normalized spacial score (nSPS) is 10.5. The summed E-state index contributed by atoms with van der Waals surface area (Å²) in [5, 5.41) is 3.90. The lowest BCUT2D eigenvalue weighted by Gasteiger charge is -2.08. The molecule has 5 heteroatoms. The van der Waals surface area contributed by atoms with Crippen LogP contribution in [0.3, 0.4) is 0 Å². The number of nitrogens with one attached hydrogen (secondary N) is 1. The van der Waals surface area contributed by atoms with E-state index in [1.54, 1.807) is 12.1 Å². The highest BCUT2D eigenvalue weighted by Crippen LogP contribution is 2.21. The van der Waals surface area contributed by atoms with Gasteiger partial charge in [0.05, 0.1) is 5.52 Å². The molecule has 3 N–H and O–H groups in total. The molecule has 0 spiro atoms. The summed E-state index contributed by atoms with van der Waals surface area (Å²) >= 11 is 0. The van der Waals surface area contributed by atoms with Crippen LogP contribution in [0.2, 0.25) is 0 Å². The van der Waals surface area contributed by atoms with Crippen LogP contribution < -0.4 is 11.1 Å². The molecular formula is C16H14N4O. The molecule has 3 aromatic rings. The van der Waals surface area contributed by atoms with Gasteiger partial charge in [-0.1, -0.05) is 24.3 Å². The molecule has 0 aliphatic heterocycles. The standard InChI is InChI=1S/C16H14N4O/c1-10(21)11-5-4-6-12(9-11)18-16-19-14-8-3-2-7-13(14)15(17)20-16/h2-9H,1H3,(H3,17,18,19,20). The number of benzene rings is 2. The number of carbonyl (C=O) groups excluding carboxylic acids is 1. The SMILES string of the molecule is CC(=O)c1cccc(Nc2nc(N)c3ccccc3n2)c1. The third-order valence-electron chi connectivity index (χ3n) is 3.16. The van der Waals surface area contributed by atoms with Crippen molar-refractivity contribution in [1.29, 1.82) is 0 Å². The molecule has 1 heterocycles. The van der Waals surface area contributed by atoms with E-state index in [1.165, 1.54) is 6.92 Å². The average molecular weight is 278 g/mol. The summed E-state index contributed by atoms with van der Waals surface area (Å²) in [5.74, 6) is 0.843. The molecule has 0 radical (unpaired) electrons. The first-order valence-corrected chi connectivity index (χ1v) is 6.54. The van der Waals surface area contributed by atoms with Crippen molar-refractivity contribution in [3.63, 3.8) is 0 Å². The van der Waals surface area contributed by atoms with E-state index < -0.39 is 0 Å². The minimum Gasteiger partial charge on any atom is -0.383 e. The number of nitrogen functional groups attached to an aromatic ring is 1. The molecular weight excluding hydrogens is 264 g/mol. The van der Waals surface area contributed by atoms with Gasteiger partial charge in [-0.2, -0.15) is 4.98 Å². The summed E-state index contributed by atoms with van der Waals surface area (Å²) in [6.45, 7) is 1.53. The number of rotatable bonds is 3. The van der Waals surface area contributed by atoms with Crippen molar-refractivity contribution in [2.45, 2.75) is 6.92 Å². The van der Waals surface area contributed by atoms with E-state index in [9.17, 15) is 4.79 Å². The predicted octanol–water partition coefficient (Wildman–Crippen LogP) is 3.16. The van der Waals surface area contributed by atoms with Crippen molar-refractivity contribution >= 4 is 34.1 Å². The smallest absolute Gasteiger partial charge is 0.229 e. The van der Waals surface area contributed by atoms with Crippen LogP contribution in [0.25, 0.3) is 10.9 Å². The molecule has 0 unspecified atom stereocenters. The summed E-state index contributed by atoms with van der Waals surface area (Å²) in [6.07, 6.45) is 0. The van der Waals surface area contributed by atoms with Crippen molar-refractivity contribution in [2.75, 3.05) is 11.1 Å². The van der Waals surface area contributed by atoms with Gasteiger partial charge in [0.2, 0.25) is 5.95 Å². The molecule has 0 amide bonds. The Labute approximate surface area is 121 Å². The van der Waals surface area contributed by atoms with Crippen LogP contribution in [-0.4, -0.2) is 15.8 Å². The number of nitrogens with two attached hydrogens (primary N) is 1. The number of ketones is 1. The second kappa shape index (κ2) is 5.20. The van der Waals surface area contributed by atoms with Gasteiger partial charge >= 0.3 is 0 Å². The Morgan fingerprint density at radius 1 is 1.10 bits per heavy atom. The number of fused-ring (bicyclic) bond motifs is 1. The molecule has 0 bridgehead atoms. The van der Waals surface area contributed by atoms with E-state index in [1.807, 2.05) is 36.4 Å². The van der Waals surface area contributed by atoms with E-state index in [4.69, 9.17) is 5.73 Å². The van der Waals surface area contributed by atoms with Crippen molar-refractivity contribution in [1.82, 2.24) is 9.97 Å². The second-order valence-corrected chi connectivity index (χ2v) is 4.71. The first-order valence-electron chi connectivity index (χ1n) is 6.54. The van der Waals surface area contributed by atoms with Crippen molar-refractivity contribution in [2.24, 2.45) is 0 Å². The summed E-state index contributed by atoms with van der Waals surface area (Å²) in [5.41, 5.74) is 8.10. The molecule has 0 fully saturated rings. The zero-order chi connectivity index (χ0) is 14.8. The Bertz CT molecular complexity index is 829. The Hall–Kier alpha value is -2.95. The van der Waals surface area contributed by atoms with Crippen LogP contribution in [0.15, 0.2) is 48.5 Å². The molecule has 0 aliphatic carbocycles. The predicted molar refractivity (Wildman–Crippen MR) is 83.7 cm³/mol. The summed E-state index contributed by atoms with van der Waals surface area (Å²) in [6, 6.07) is 14.7. The Morgan fingerprint density at radius 2 is 1.90 bits per heavy atom. The molecule has 5 nitrogen and oxygen atoms in total. The van der Waals surface area contributed by atoms with Crippen molar-refractivity contribution in [3.05, 3.63) is 54.1 Å². The fourth-order valence-electron chi connectivity index (χ4n) is 2.10. The number of hydrogen-bond acceptors (Lipinski definition) is 5. The Balaban J connectivity index is 1.98. The molecule has 0 aliphatic rings. The van der Waals surface area contributed by atoms with E-state index in [2.05, 4.69) is 15.3 Å². The number of aromatic nitrogens is 2. The van der Waals surface area contributed by atoms with Gasteiger partial charge in [-0.3, -0.25) is 4.79 Å². The largest absolute Gasteiger partial charge is 0.383 e. The number of anilines is 3. The van der Waals surface area contributed by atoms with Crippen LogP contribution in [0.5, 0.6) is 0 Å². The quantitative estimate of drug-likeness (QED) is 0.719. The van der Waals surface area contributed by atoms with Gasteiger partial charge in [0, 0.05) is 16.6 Å². The first kappa shape index (κ1) is 13.1. The molecule has 0 atom stereocenters. The third-order valence-corrected chi connectivity index (χ3v) is 3.16. The minimum atomic E-state index is 0.0117. The lowest BCUT2D eigenvalue weighted by atomic mass is 10.1. The summed E-state index contributed by atoms with van der Waals surface area (Å²) in [7, 11) is 0. The highest BCUT2D eigenvalue weighted by molar-refractivity contribution is 5.95. The average Bonchev–Trinajstić information content (AvgIpc) is 2.47. The first-order chi connectivity index (χ1) is 10.1. The Kier molecular flexibility index (Phi) is 3.23. The molecule has 0 saturated heterocycles. The molecule has 1 aromatic heterocycles. The zero-order valence-electron chi connectivity index (χ0n) is 11.5. The summed E-state index contributed by atoms with van der Waals surface area (Å²) in [4.78, 5) is 20.1. The van der Waals surface area contributed by atoms with E-state index in [0.717, 1.165) is 16.6 Å². The maximum Gasteiger partial charge on any atom is 0.229 e. The van der Waals surface area contributed by atoms with Crippen LogP contribution >= 0.6 is 0 Å². The van der Waals surface area contributed by atoms with Crippen LogP contribution in [-0.2, 0) is 0 Å². The summed E-state index contributed by atoms with van der Waals surface area (Å²) < 4.78 is 0. The highest BCUT2D eigenvalue weighted by atomic mass is 16.1. The lowest BCUT2D eigenvalue weighted by Crippen LogP contribution is -2.02. The molecule has 0 saturated carbocycles. The van der Waals surface area contributed by atoms with Crippen molar-refractivity contribution in [3.8, 4) is 0 Å². The highest BCUT2D eigenvalue weighted by Gasteiger charge is 2.06. The zero-order valence-corrected chi connectivity index (χ0v) is 11.5. The van der Waals surface area contributed by atoms with Crippen LogP contribution in [0.4, 0.5) is 17.5 Å². The minimum absolute atomic E-state index is 0.0117. The number of nitrogens with zero attached hydrogens (tertiary/aromatic N) is 2. The van der Waals surface area contributed by atoms with Gasteiger partial charge in [0.1, 0.15) is 5.82 Å². The van der Waals surface area contributed by atoms with E-state index in [0.29, 0.717) is 17.3 Å². The third kappa shape index (κ3) is 2.67. The monoisotopic (exact) mass is 278 g/mol. The van der Waals surface area contributed by atoms with Gasteiger partial charge in [0.15, 0.2) is 5.78 Å². The topological polar surface area (TPSA) is 80.9 Å². The van der Waals surface area contributed by atoms with Crippen LogP contribution in [0.1, 0.15) is 17.3 Å². The van der Waals surface area contributed by atoms with Gasteiger partial charge < -0.3 is 11.1 Å². The fraction of sp³-hybridized carbons (Fsp3) is 0.0625. The number of Topliss-reactive ketones (excluding diaryl/α,β-unsaturated/α-hetero) is 1. The number of hydrogen-bond donors (Lipinski definition) is 2. The van der Waals surface area contributed by atoms with E-state index in [-0.39, 0.29) is 5.78 Å². The van der Waals surface area contributed by atoms with E-state index >= 15 is 0 Å². The number of carbonyl (C=O) groups is 1. The van der Waals surface area contributed by atoms with Crippen LogP contribution in [0, 0.1) is 0 Å². The fourth-order valence-corrected chi connectivity index (χ4v) is 2.10. The van der Waals surface area contributed by atoms with Gasteiger partial charge in [-0.25, -0.2) is 4.98 Å². The van der Waals surface area contributed by atoms with Gasteiger partial charge in [-0.15, -0.1) is 0 Å². The molecule has 104 valence electrons. The van der Waals surface area contributed by atoms with Crippen molar-refractivity contribution < 1.29 is 4.79 Å². The molecule has 2 aromatic carbocycles.